The van der Waals surface area contributed by atoms with Gasteiger partial charge in [0.2, 0.25) is 70.9 Å². The maximum absolute atomic E-state index is 14.7. The Kier molecular flexibility index (Phi) is 36.6. The number of carboxylic acids is 4. The first-order chi connectivity index (χ1) is 48.4. The highest BCUT2D eigenvalue weighted by Crippen LogP contribution is 2.24. The third-order valence-electron chi connectivity index (χ3n) is 18.3. The van der Waals surface area contributed by atoms with Gasteiger partial charge in [-0.05, 0) is 107 Å². The molecule has 0 radical (unpaired) electrons. The summed E-state index contributed by atoms with van der Waals surface area (Å²) < 4.78 is 0. The summed E-state index contributed by atoms with van der Waals surface area (Å²) in [7, 11) is 0. The number of likely N-dealkylation sites (tertiary alicyclic amines) is 2. The lowest BCUT2D eigenvalue weighted by Crippen LogP contribution is -2.62. The van der Waals surface area contributed by atoms with E-state index in [1.807, 2.05) is 0 Å². The van der Waals surface area contributed by atoms with Gasteiger partial charge in [-0.3, -0.25) is 71.9 Å². The molecule has 578 valence electrons. The van der Waals surface area contributed by atoms with Gasteiger partial charge in [0.15, 0.2) is 0 Å². The SMILES string of the molecule is CC[C@H](C)[C@H](NC(=O)[C@H](CCCCN)NC(=O)[C@@H](N)CCC(=O)O)C(=O)N[C@@H](CC(=O)O)C(=O)N[C@H](C(=O)N[C@H](C(=O)N1CCC[C@H]1C(=O)N[C@H](C(=O)N[C@@H](CCC(=O)O)C(=O)N1CCC[C@H]1C(=O)N[C@@H](Cc1cnc[nH]1)C(=O)N[C@@H](C)C(=O)N[C@@H](CC(C)C)C(=O)O)[C@@H](C)CC)C(C)C)C(C)C. The molecule has 2 saturated heterocycles. The van der Waals surface area contributed by atoms with Gasteiger partial charge in [0, 0.05) is 44.2 Å². The number of rotatable bonds is 45. The van der Waals surface area contributed by atoms with Crippen LogP contribution in [0.5, 0.6) is 0 Å². The maximum atomic E-state index is 14.7. The van der Waals surface area contributed by atoms with Crippen LogP contribution in [0.3, 0.4) is 0 Å². The van der Waals surface area contributed by atoms with Crippen LogP contribution in [0.25, 0.3) is 0 Å². The zero-order chi connectivity index (χ0) is 77.7. The molecule has 36 heteroatoms. The van der Waals surface area contributed by atoms with E-state index < -0.39 is 223 Å². The van der Waals surface area contributed by atoms with Crippen LogP contribution in [0, 0.1) is 29.6 Å². The Labute approximate surface area is 599 Å². The number of nitrogens with zero attached hydrogens (tertiary/aromatic N) is 3. The number of hydrogen-bond donors (Lipinski definition) is 17. The number of aliphatic carboxylic acids is 4. The molecule has 2 aliphatic rings. The van der Waals surface area contributed by atoms with Crippen molar-refractivity contribution in [3.63, 3.8) is 0 Å². The molecule has 0 saturated carbocycles. The van der Waals surface area contributed by atoms with Crippen LogP contribution in [-0.2, 0) is 83.1 Å². The Hall–Kier alpha value is -9.35. The number of amides is 12. The Morgan fingerprint density at radius 1 is 0.505 bits per heavy atom. The molecule has 0 bridgehead atoms. The number of H-pyrrole nitrogens is 1. The molecule has 103 heavy (non-hydrogen) atoms. The van der Waals surface area contributed by atoms with Gasteiger partial charge in [0.1, 0.15) is 72.5 Å². The highest BCUT2D eigenvalue weighted by Gasteiger charge is 2.45. The van der Waals surface area contributed by atoms with Crippen molar-refractivity contribution < 1.29 is 97.1 Å². The first-order valence-corrected chi connectivity index (χ1v) is 35.3. The van der Waals surface area contributed by atoms with E-state index in [-0.39, 0.29) is 89.8 Å². The summed E-state index contributed by atoms with van der Waals surface area (Å²) in [5.41, 5.74) is 12.0. The van der Waals surface area contributed by atoms with Crippen molar-refractivity contribution in [2.24, 2.45) is 41.1 Å². The molecule has 3 heterocycles. The third-order valence-corrected chi connectivity index (χ3v) is 18.3. The first-order valence-electron chi connectivity index (χ1n) is 35.3. The average Bonchev–Trinajstić information content (AvgIpc) is 1.75. The highest BCUT2D eigenvalue weighted by molar-refractivity contribution is 6.01. The lowest BCUT2D eigenvalue weighted by molar-refractivity contribution is -0.145. The number of aromatic amines is 1. The van der Waals surface area contributed by atoms with Crippen molar-refractivity contribution >= 4 is 94.8 Å². The predicted octanol–water partition coefficient (Wildman–Crippen LogP) is -2.00. The van der Waals surface area contributed by atoms with E-state index >= 15 is 0 Å². The van der Waals surface area contributed by atoms with E-state index in [0.29, 0.717) is 18.5 Å². The van der Waals surface area contributed by atoms with E-state index in [0.717, 1.165) is 4.90 Å². The monoisotopic (exact) mass is 1460 g/mol. The number of nitrogens with two attached hydrogens (primary N) is 2. The molecule has 0 aliphatic carbocycles. The largest absolute Gasteiger partial charge is 0.481 e. The first kappa shape index (κ1) is 87.9. The van der Waals surface area contributed by atoms with E-state index in [2.05, 4.69) is 63.1 Å². The normalized spacial score (nSPS) is 18.1. The topological polar surface area (TPSA) is 562 Å². The fourth-order valence-electron chi connectivity index (χ4n) is 11.8. The minimum Gasteiger partial charge on any atom is -0.481 e. The van der Waals surface area contributed by atoms with E-state index in [9.17, 15) is 92.0 Å². The summed E-state index contributed by atoms with van der Waals surface area (Å²) in [5.74, 6) is -18.6. The van der Waals surface area contributed by atoms with Crippen LogP contribution in [0.1, 0.15) is 178 Å². The molecule has 0 aromatic carbocycles. The molecule has 0 spiro atoms. The highest BCUT2D eigenvalue weighted by atomic mass is 16.4. The second kappa shape index (κ2) is 42.9. The van der Waals surface area contributed by atoms with Crippen molar-refractivity contribution in [3.05, 3.63) is 18.2 Å². The number of aromatic nitrogens is 2. The Bertz CT molecular complexity index is 3110. The van der Waals surface area contributed by atoms with Crippen LogP contribution < -0.4 is 64.6 Å². The molecule has 2 fully saturated rings. The van der Waals surface area contributed by atoms with Gasteiger partial charge >= 0.3 is 23.9 Å². The van der Waals surface area contributed by atoms with E-state index in [1.165, 1.54) is 24.3 Å². The standard InChI is InChI=1S/C67H110N16O20/c1-12-36(9)53(80-57(92)41(18-14-15-25-68)73-56(91)40(69)21-23-48(84)85)64(99)76-44(30-50(88)89)59(94)78-51(34(5)6)62(97)79-52(35(7)8)66(101)83-27-17-20-47(83)61(96)81-54(37(10)13-2)63(98)74-42(22-24-49(86)87)65(100)82-26-16-19-46(82)60(95)75-43(29-39-31-70-32-71-39)58(93)72-38(11)55(90)77-45(67(102)103)28-33(3)4/h31-38,40-47,51-54H,12-30,68-69H2,1-11H3,(H,70,71)(H,72,93)(H,73,91)(H,74,98)(H,75,95)(H,76,99)(H,77,90)(H,78,94)(H,79,97)(H,80,92)(H,81,96)(H,84,85)(H,86,87)(H,88,89)(H,102,103)/t36-,37-,38-,40-,41-,42-,43-,44-,45-,46-,47-,51-,52-,53-,54-/m0/s1. The second-order valence-corrected chi connectivity index (χ2v) is 27.7. The summed E-state index contributed by atoms with van der Waals surface area (Å²) in [4.78, 5) is 226. The van der Waals surface area contributed by atoms with Gasteiger partial charge in [0.25, 0.3) is 0 Å². The summed E-state index contributed by atoms with van der Waals surface area (Å²) in [6.07, 6.45) is 1.98. The minimum absolute atomic E-state index is 0.0102. The van der Waals surface area contributed by atoms with Crippen LogP contribution in [-0.4, -0.2) is 233 Å². The lowest BCUT2D eigenvalue weighted by atomic mass is 9.96. The molecule has 15 atom stereocenters. The van der Waals surface area contributed by atoms with Gasteiger partial charge in [-0.25, -0.2) is 9.78 Å². The van der Waals surface area contributed by atoms with Gasteiger partial charge in [0.05, 0.1) is 18.8 Å². The summed E-state index contributed by atoms with van der Waals surface area (Å²) >= 11 is 0. The zero-order valence-electron chi connectivity index (χ0n) is 60.8. The van der Waals surface area contributed by atoms with Crippen LogP contribution in [0.4, 0.5) is 0 Å². The number of carboxylic acid groups (broad SMARTS) is 4. The fourth-order valence-corrected chi connectivity index (χ4v) is 11.8. The Morgan fingerprint density at radius 3 is 1.49 bits per heavy atom. The van der Waals surface area contributed by atoms with Crippen LogP contribution in [0.15, 0.2) is 12.5 Å². The summed E-state index contributed by atoms with van der Waals surface area (Å²) in [5, 5.41) is 64.2. The molecule has 3 rings (SSSR count). The smallest absolute Gasteiger partial charge is 0.326 e. The summed E-state index contributed by atoms with van der Waals surface area (Å²) in [6.45, 7) is 18.1. The van der Waals surface area contributed by atoms with E-state index in [1.54, 1.807) is 69.2 Å². The molecule has 2 aliphatic heterocycles. The number of imidazole rings is 1. The predicted molar refractivity (Wildman–Crippen MR) is 369 cm³/mol. The van der Waals surface area contributed by atoms with E-state index in [4.69, 9.17) is 16.6 Å². The number of hydrogen-bond acceptors (Lipinski definition) is 19. The van der Waals surface area contributed by atoms with Crippen molar-refractivity contribution in [1.82, 2.24) is 72.9 Å². The Morgan fingerprint density at radius 2 is 0.981 bits per heavy atom. The van der Waals surface area contributed by atoms with Gasteiger partial charge in [-0.1, -0.05) is 82.1 Å². The molecule has 1 aromatic rings. The van der Waals surface area contributed by atoms with Crippen molar-refractivity contribution in [1.29, 1.82) is 0 Å². The molecule has 36 nitrogen and oxygen atoms in total. The summed E-state index contributed by atoms with van der Waals surface area (Å²) in [6, 6.07) is -18.1. The third kappa shape index (κ3) is 28.1. The van der Waals surface area contributed by atoms with Gasteiger partial charge in [-0.15, -0.1) is 0 Å². The lowest BCUT2D eigenvalue weighted by Gasteiger charge is -2.34. The number of carbonyl (C=O) groups excluding carboxylic acids is 12. The average molecular weight is 1460 g/mol. The number of unbranched alkanes of at least 4 members (excludes halogenated alkanes) is 1. The minimum atomic E-state index is -1.85. The maximum Gasteiger partial charge on any atom is 0.326 e. The molecule has 12 amide bonds. The molecule has 1 aromatic heterocycles. The molecule has 19 N–H and O–H groups in total. The zero-order valence-corrected chi connectivity index (χ0v) is 60.8. The Balaban J connectivity index is 1.84. The second-order valence-electron chi connectivity index (χ2n) is 27.7. The number of nitrogens with one attached hydrogen (secondary N) is 11. The van der Waals surface area contributed by atoms with Crippen molar-refractivity contribution in [2.45, 2.75) is 257 Å². The molecular weight excluding hydrogens is 1350 g/mol. The van der Waals surface area contributed by atoms with Gasteiger partial charge in [-0.2, -0.15) is 0 Å². The van der Waals surface area contributed by atoms with Crippen molar-refractivity contribution in [2.75, 3.05) is 19.6 Å². The number of carbonyl (C=O) groups is 16. The fraction of sp³-hybridized carbons (Fsp3) is 0.716. The quantitative estimate of drug-likeness (QED) is 0.0314. The van der Waals surface area contributed by atoms with Gasteiger partial charge < -0.3 is 99.8 Å². The molecule has 0 unspecified atom stereocenters. The molecular formula is C67H110N16O20. The van der Waals surface area contributed by atoms with Crippen molar-refractivity contribution in [3.8, 4) is 0 Å². The van der Waals surface area contributed by atoms with Crippen LogP contribution >= 0.6 is 0 Å². The van der Waals surface area contributed by atoms with Crippen LogP contribution in [0.2, 0.25) is 0 Å².